The van der Waals surface area contributed by atoms with E-state index in [1.165, 1.54) is 0 Å². The van der Waals surface area contributed by atoms with E-state index in [1.54, 1.807) is 0 Å². The van der Waals surface area contributed by atoms with Crippen molar-refractivity contribution >= 4 is 16.0 Å². The van der Waals surface area contributed by atoms with Crippen molar-refractivity contribution in [3.8, 4) is 0 Å². The van der Waals surface area contributed by atoms with E-state index in [0.29, 0.717) is 31.0 Å². The average Bonchev–Trinajstić information content (AvgIpc) is 2.37. The van der Waals surface area contributed by atoms with Gasteiger partial charge in [-0.1, -0.05) is 0 Å². The number of benzene rings is 1. The Bertz CT molecular complexity index is 612. The van der Waals surface area contributed by atoms with Gasteiger partial charge in [0.2, 0.25) is 10.0 Å². The maximum Gasteiger partial charge on any atom is 0.322 e. The van der Waals surface area contributed by atoms with Gasteiger partial charge in [-0.05, 0) is 31.4 Å². The summed E-state index contributed by atoms with van der Waals surface area (Å²) in [6.07, 6.45) is 1.30. The molecule has 1 aliphatic heterocycles. The molecule has 1 aromatic carbocycles. The summed E-state index contributed by atoms with van der Waals surface area (Å²) >= 11 is 0. The predicted octanol–water partition coefficient (Wildman–Crippen LogP) is 1.59. The number of nitrogens with zero attached hydrogens (tertiary/aromatic N) is 1. The van der Waals surface area contributed by atoms with Crippen LogP contribution in [0, 0.1) is 11.6 Å². The second kappa shape index (κ2) is 5.45. The minimum absolute atomic E-state index is 0.0252. The first-order valence-electron chi connectivity index (χ1n) is 6.03. The molecule has 1 atom stereocenters. The lowest BCUT2D eigenvalue weighted by atomic mass is 10.1. The molecule has 20 heavy (non-hydrogen) atoms. The van der Waals surface area contributed by atoms with Gasteiger partial charge in [-0.2, -0.15) is 4.31 Å². The zero-order chi connectivity index (χ0) is 14.9. The highest BCUT2D eigenvalue weighted by Crippen LogP contribution is 2.26. The minimum atomic E-state index is -4.23. The van der Waals surface area contributed by atoms with Crippen LogP contribution in [0.4, 0.5) is 8.78 Å². The summed E-state index contributed by atoms with van der Waals surface area (Å²) in [6, 6.07) is 0.738. The lowest BCUT2D eigenvalue weighted by molar-refractivity contribution is -0.142. The number of sulfonamides is 1. The van der Waals surface area contributed by atoms with Crippen molar-refractivity contribution in [1.29, 1.82) is 0 Å². The number of carboxylic acids is 1. The van der Waals surface area contributed by atoms with E-state index in [2.05, 4.69) is 0 Å². The van der Waals surface area contributed by atoms with E-state index in [1.807, 2.05) is 0 Å². The summed E-state index contributed by atoms with van der Waals surface area (Å²) in [5.41, 5.74) is 0. The van der Waals surface area contributed by atoms with Crippen molar-refractivity contribution < 1.29 is 27.1 Å². The third-order valence-corrected chi connectivity index (χ3v) is 5.07. The normalized spacial score (nSPS) is 20.8. The van der Waals surface area contributed by atoms with Gasteiger partial charge in [0.05, 0.1) is 4.90 Å². The molecule has 0 saturated carbocycles. The van der Waals surface area contributed by atoms with Gasteiger partial charge in [0.1, 0.15) is 17.7 Å². The first-order chi connectivity index (χ1) is 9.32. The van der Waals surface area contributed by atoms with Gasteiger partial charge in [-0.15, -0.1) is 0 Å². The number of rotatable bonds is 3. The SMILES string of the molecule is O=C(O)C1CCCCN1S(=O)(=O)c1cc(F)cc(F)c1. The fraction of sp³-hybridized carbons (Fsp3) is 0.417. The molecule has 110 valence electrons. The first kappa shape index (κ1) is 14.9. The van der Waals surface area contributed by atoms with Crippen LogP contribution in [0.15, 0.2) is 23.1 Å². The zero-order valence-electron chi connectivity index (χ0n) is 10.4. The van der Waals surface area contributed by atoms with E-state index in [-0.39, 0.29) is 13.0 Å². The number of aliphatic carboxylic acids is 1. The molecule has 1 fully saturated rings. The second-order valence-corrected chi connectivity index (χ2v) is 6.46. The molecule has 1 unspecified atom stereocenters. The number of carbonyl (C=O) groups is 1. The highest BCUT2D eigenvalue weighted by atomic mass is 32.2. The number of halogens is 2. The van der Waals surface area contributed by atoms with Crippen LogP contribution in [-0.4, -0.2) is 36.4 Å². The molecular weight excluding hydrogens is 292 g/mol. The molecular formula is C12H13F2NO4S. The topological polar surface area (TPSA) is 74.7 Å². The van der Waals surface area contributed by atoms with Gasteiger partial charge in [-0.25, -0.2) is 17.2 Å². The molecule has 0 radical (unpaired) electrons. The molecule has 0 aromatic heterocycles. The van der Waals surface area contributed by atoms with Crippen LogP contribution in [0.3, 0.4) is 0 Å². The van der Waals surface area contributed by atoms with Crippen molar-refractivity contribution in [3.63, 3.8) is 0 Å². The lowest BCUT2D eigenvalue weighted by Crippen LogP contribution is -2.47. The molecule has 1 aliphatic rings. The Labute approximate surface area is 114 Å². The third kappa shape index (κ3) is 2.80. The standard InChI is InChI=1S/C12H13F2NO4S/c13-8-5-9(14)7-10(6-8)20(18,19)15-4-2-1-3-11(15)12(16)17/h5-7,11H,1-4H2,(H,16,17). The summed E-state index contributed by atoms with van der Waals surface area (Å²) in [4.78, 5) is 10.6. The van der Waals surface area contributed by atoms with Crippen molar-refractivity contribution in [2.75, 3.05) is 6.54 Å². The largest absolute Gasteiger partial charge is 0.480 e. The molecule has 1 heterocycles. The molecule has 1 aromatic rings. The Morgan fingerprint density at radius 3 is 2.35 bits per heavy atom. The fourth-order valence-corrected chi connectivity index (χ4v) is 3.95. The predicted molar refractivity (Wildman–Crippen MR) is 65.5 cm³/mol. The van der Waals surface area contributed by atoms with Crippen molar-refractivity contribution in [2.45, 2.75) is 30.2 Å². The van der Waals surface area contributed by atoms with E-state index in [4.69, 9.17) is 5.11 Å². The highest BCUT2D eigenvalue weighted by Gasteiger charge is 2.37. The van der Waals surface area contributed by atoms with E-state index >= 15 is 0 Å². The van der Waals surface area contributed by atoms with Crippen molar-refractivity contribution in [3.05, 3.63) is 29.8 Å². The van der Waals surface area contributed by atoms with Gasteiger partial charge in [0, 0.05) is 12.6 Å². The molecule has 8 heteroatoms. The molecule has 1 saturated heterocycles. The Morgan fingerprint density at radius 2 is 1.80 bits per heavy atom. The highest BCUT2D eigenvalue weighted by molar-refractivity contribution is 7.89. The lowest BCUT2D eigenvalue weighted by Gasteiger charge is -2.31. The third-order valence-electron chi connectivity index (χ3n) is 3.18. The molecule has 0 amide bonds. The van der Waals surface area contributed by atoms with Gasteiger partial charge in [0.25, 0.3) is 0 Å². The molecule has 1 N–H and O–H groups in total. The molecule has 0 spiro atoms. The fourth-order valence-electron chi connectivity index (χ4n) is 2.25. The molecule has 0 aliphatic carbocycles. The summed E-state index contributed by atoms with van der Waals surface area (Å²) in [7, 11) is -4.23. The quantitative estimate of drug-likeness (QED) is 0.920. The summed E-state index contributed by atoms with van der Waals surface area (Å²) < 4.78 is 51.8. The summed E-state index contributed by atoms with van der Waals surface area (Å²) in [5, 5.41) is 9.07. The second-order valence-electron chi connectivity index (χ2n) is 4.57. The van der Waals surface area contributed by atoms with Gasteiger partial charge in [0.15, 0.2) is 0 Å². The molecule has 2 rings (SSSR count). The Kier molecular flexibility index (Phi) is 4.05. The van der Waals surface area contributed by atoms with Crippen LogP contribution < -0.4 is 0 Å². The Hall–Kier alpha value is -1.54. The maximum atomic E-state index is 13.1. The zero-order valence-corrected chi connectivity index (χ0v) is 11.2. The monoisotopic (exact) mass is 305 g/mol. The number of carboxylic acid groups (broad SMARTS) is 1. The van der Waals surface area contributed by atoms with Gasteiger partial charge in [-0.3, -0.25) is 4.79 Å². The number of hydrogen-bond acceptors (Lipinski definition) is 3. The van der Waals surface area contributed by atoms with E-state index < -0.39 is 38.6 Å². The summed E-state index contributed by atoms with van der Waals surface area (Å²) in [6.45, 7) is 0.0252. The molecule has 5 nitrogen and oxygen atoms in total. The minimum Gasteiger partial charge on any atom is -0.480 e. The Balaban J connectivity index is 2.44. The van der Waals surface area contributed by atoms with E-state index in [0.717, 1.165) is 4.31 Å². The number of hydrogen-bond donors (Lipinski definition) is 1. The number of piperidine rings is 1. The van der Waals surface area contributed by atoms with Crippen LogP contribution in [0.1, 0.15) is 19.3 Å². The smallest absolute Gasteiger partial charge is 0.322 e. The van der Waals surface area contributed by atoms with Crippen LogP contribution in [0.25, 0.3) is 0 Å². The van der Waals surface area contributed by atoms with Gasteiger partial charge >= 0.3 is 5.97 Å². The van der Waals surface area contributed by atoms with Crippen molar-refractivity contribution in [2.24, 2.45) is 0 Å². The van der Waals surface area contributed by atoms with Crippen LogP contribution >= 0.6 is 0 Å². The van der Waals surface area contributed by atoms with Crippen LogP contribution in [-0.2, 0) is 14.8 Å². The average molecular weight is 305 g/mol. The first-order valence-corrected chi connectivity index (χ1v) is 7.47. The van der Waals surface area contributed by atoms with Crippen LogP contribution in [0.5, 0.6) is 0 Å². The summed E-state index contributed by atoms with van der Waals surface area (Å²) in [5.74, 6) is -3.30. The molecule has 0 bridgehead atoms. The van der Waals surface area contributed by atoms with E-state index in [9.17, 15) is 22.0 Å². The van der Waals surface area contributed by atoms with Crippen LogP contribution in [0.2, 0.25) is 0 Å². The van der Waals surface area contributed by atoms with Crippen molar-refractivity contribution in [1.82, 2.24) is 4.31 Å². The van der Waals surface area contributed by atoms with Gasteiger partial charge < -0.3 is 5.11 Å². The Morgan fingerprint density at radius 1 is 1.20 bits per heavy atom. The maximum absolute atomic E-state index is 13.1.